The van der Waals surface area contributed by atoms with Gasteiger partial charge in [0.05, 0.1) is 5.38 Å². The molecular formula is C14H18O3SSi. The van der Waals surface area contributed by atoms with Crippen LogP contribution in [0.15, 0.2) is 47.4 Å². The summed E-state index contributed by atoms with van der Waals surface area (Å²) in [6.45, 7) is 0. The molecule has 0 unspecified atom stereocenters. The van der Waals surface area contributed by atoms with Gasteiger partial charge in [-0.2, -0.15) is 0 Å². The Morgan fingerprint density at radius 2 is 1.53 bits per heavy atom. The first-order chi connectivity index (χ1) is 9.24. The molecule has 0 aliphatic carbocycles. The highest BCUT2D eigenvalue weighted by molar-refractivity contribution is 8.01. The average molecular weight is 294 g/mol. The lowest BCUT2D eigenvalue weighted by Crippen LogP contribution is -2.46. The Hall–Kier alpha value is -0.853. The SMILES string of the molecule is CO[Si](CSc1cccc2ccccc12)(OC)OC. The van der Waals surface area contributed by atoms with Crippen LogP contribution in [-0.4, -0.2) is 35.5 Å². The molecule has 0 fully saturated rings. The number of benzene rings is 2. The Balaban J connectivity index is 2.22. The van der Waals surface area contributed by atoms with Crippen molar-refractivity contribution in [3.63, 3.8) is 0 Å². The Bertz CT molecular complexity index is 529. The van der Waals surface area contributed by atoms with Crippen molar-refractivity contribution in [2.45, 2.75) is 4.90 Å². The largest absolute Gasteiger partial charge is 0.510 e. The van der Waals surface area contributed by atoms with Gasteiger partial charge >= 0.3 is 8.80 Å². The molecule has 102 valence electrons. The summed E-state index contributed by atoms with van der Waals surface area (Å²) in [4.78, 5) is 1.22. The molecule has 0 heterocycles. The lowest BCUT2D eigenvalue weighted by molar-refractivity contribution is 0.130. The predicted molar refractivity (Wildman–Crippen MR) is 81.5 cm³/mol. The molecule has 3 nitrogen and oxygen atoms in total. The Morgan fingerprint density at radius 1 is 0.895 bits per heavy atom. The first-order valence-corrected chi connectivity index (χ1v) is 8.92. The van der Waals surface area contributed by atoms with Crippen molar-refractivity contribution in [2.75, 3.05) is 26.7 Å². The maximum Gasteiger partial charge on any atom is 0.510 e. The normalized spacial score (nSPS) is 11.9. The van der Waals surface area contributed by atoms with Crippen LogP contribution in [0.2, 0.25) is 0 Å². The van der Waals surface area contributed by atoms with Gasteiger partial charge in [0, 0.05) is 26.2 Å². The first kappa shape index (κ1) is 14.6. The van der Waals surface area contributed by atoms with Crippen molar-refractivity contribution in [2.24, 2.45) is 0 Å². The van der Waals surface area contributed by atoms with Gasteiger partial charge < -0.3 is 13.3 Å². The Labute approximate surface area is 119 Å². The average Bonchev–Trinajstić information content (AvgIpc) is 2.49. The van der Waals surface area contributed by atoms with Gasteiger partial charge in [-0.1, -0.05) is 36.4 Å². The van der Waals surface area contributed by atoms with E-state index in [1.807, 2.05) is 0 Å². The van der Waals surface area contributed by atoms with Gasteiger partial charge in [0.1, 0.15) is 0 Å². The van der Waals surface area contributed by atoms with Crippen LogP contribution in [-0.2, 0) is 13.3 Å². The quantitative estimate of drug-likeness (QED) is 0.603. The van der Waals surface area contributed by atoms with Crippen molar-refractivity contribution in [3.05, 3.63) is 42.5 Å². The molecule has 2 rings (SSSR count). The van der Waals surface area contributed by atoms with E-state index in [2.05, 4.69) is 42.5 Å². The third-order valence-corrected chi connectivity index (χ3v) is 7.61. The van der Waals surface area contributed by atoms with E-state index in [9.17, 15) is 0 Å². The highest BCUT2D eigenvalue weighted by Crippen LogP contribution is 2.30. The zero-order valence-corrected chi connectivity index (χ0v) is 13.2. The Morgan fingerprint density at radius 3 is 2.21 bits per heavy atom. The first-order valence-electron chi connectivity index (χ1n) is 6.00. The fourth-order valence-corrected chi connectivity index (χ4v) is 5.67. The summed E-state index contributed by atoms with van der Waals surface area (Å²) in [5.74, 6) is 0. The minimum absolute atomic E-state index is 0.699. The lowest BCUT2D eigenvalue weighted by Gasteiger charge is -2.24. The van der Waals surface area contributed by atoms with Crippen molar-refractivity contribution in [1.29, 1.82) is 0 Å². The second kappa shape index (κ2) is 6.54. The van der Waals surface area contributed by atoms with E-state index >= 15 is 0 Å². The fourth-order valence-electron chi connectivity index (χ4n) is 1.91. The molecular weight excluding hydrogens is 276 g/mol. The van der Waals surface area contributed by atoms with Crippen LogP contribution in [0.25, 0.3) is 10.8 Å². The summed E-state index contributed by atoms with van der Waals surface area (Å²) in [6, 6.07) is 14.7. The molecule has 19 heavy (non-hydrogen) atoms. The molecule has 0 bridgehead atoms. The second-order valence-electron chi connectivity index (χ2n) is 4.06. The molecule has 0 spiro atoms. The molecule has 5 heteroatoms. The molecule has 0 aromatic heterocycles. The molecule has 2 aromatic carbocycles. The van der Waals surface area contributed by atoms with E-state index in [4.69, 9.17) is 13.3 Å². The van der Waals surface area contributed by atoms with Crippen LogP contribution in [0, 0.1) is 0 Å². The molecule has 2 aromatic rings. The molecule has 0 atom stereocenters. The monoisotopic (exact) mass is 294 g/mol. The van der Waals surface area contributed by atoms with Crippen LogP contribution in [0.5, 0.6) is 0 Å². The summed E-state index contributed by atoms with van der Waals surface area (Å²) in [7, 11) is 2.40. The van der Waals surface area contributed by atoms with Gasteiger partial charge in [-0.05, 0) is 16.8 Å². The summed E-state index contributed by atoms with van der Waals surface area (Å²) in [5.41, 5.74) is 0. The van der Waals surface area contributed by atoms with Crippen molar-refractivity contribution in [1.82, 2.24) is 0 Å². The smallest absolute Gasteiger partial charge is 0.376 e. The van der Waals surface area contributed by atoms with Crippen LogP contribution < -0.4 is 0 Å². The minimum Gasteiger partial charge on any atom is -0.376 e. The highest BCUT2D eigenvalue weighted by atomic mass is 32.2. The van der Waals surface area contributed by atoms with Crippen LogP contribution >= 0.6 is 11.8 Å². The number of fused-ring (bicyclic) bond motifs is 1. The Kier molecular flexibility index (Phi) is 5.01. The summed E-state index contributed by atoms with van der Waals surface area (Å²) in [6.07, 6.45) is 0. The third kappa shape index (κ3) is 3.18. The summed E-state index contributed by atoms with van der Waals surface area (Å²) >= 11 is 1.72. The zero-order chi connectivity index (χ0) is 13.7. The summed E-state index contributed by atoms with van der Waals surface area (Å²) < 4.78 is 16.3. The molecule has 0 radical (unpaired) electrons. The molecule has 0 saturated carbocycles. The highest BCUT2D eigenvalue weighted by Gasteiger charge is 2.38. The van der Waals surface area contributed by atoms with Crippen molar-refractivity contribution in [3.8, 4) is 0 Å². The molecule has 0 N–H and O–H groups in total. The minimum atomic E-state index is -2.52. The molecule has 0 saturated heterocycles. The van der Waals surface area contributed by atoms with Gasteiger partial charge in [-0.3, -0.25) is 0 Å². The van der Waals surface area contributed by atoms with Gasteiger partial charge in [0.25, 0.3) is 0 Å². The maximum atomic E-state index is 5.44. The topological polar surface area (TPSA) is 27.7 Å². The number of rotatable bonds is 6. The van der Waals surface area contributed by atoms with Gasteiger partial charge in [-0.25, -0.2) is 0 Å². The maximum absolute atomic E-state index is 5.44. The molecule has 0 aliphatic heterocycles. The number of thioether (sulfide) groups is 1. The van der Waals surface area contributed by atoms with Crippen LogP contribution in [0.3, 0.4) is 0 Å². The van der Waals surface area contributed by atoms with E-state index in [0.29, 0.717) is 5.38 Å². The van der Waals surface area contributed by atoms with Crippen molar-refractivity contribution < 1.29 is 13.3 Å². The summed E-state index contributed by atoms with van der Waals surface area (Å²) in [5, 5.41) is 3.19. The van der Waals surface area contributed by atoms with E-state index < -0.39 is 8.80 Å². The predicted octanol–water partition coefficient (Wildman–Crippen LogP) is 3.35. The van der Waals surface area contributed by atoms with E-state index in [1.54, 1.807) is 33.1 Å². The van der Waals surface area contributed by atoms with Gasteiger partial charge in [0.15, 0.2) is 0 Å². The zero-order valence-electron chi connectivity index (χ0n) is 11.4. The standard InChI is InChI=1S/C14H18O3SSi/c1-15-19(16-2,17-3)11-18-14-10-6-8-12-7-4-5-9-13(12)14/h4-10H,11H2,1-3H3. The third-order valence-electron chi connectivity index (χ3n) is 3.09. The molecule has 0 amide bonds. The fraction of sp³-hybridized carbons (Fsp3) is 0.286. The van der Waals surface area contributed by atoms with E-state index in [0.717, 1.165) is 0 Å². The van der Waals surface area contributed by atoms with Crippen LogP contribution in [0.1, 0.15) is 0 Å². The number of hydrogen-bond acceptors (Lipinski definition) is 4. The van der Waals surface area contributed by atoms with Crippen molar-refractivity contribution >= 4 is 31.3 Å². The number of hydrogen-bond donors (Lipinski definition) is 0. The lowest BCUT2D eigenvalue weighted by atomic mass is 10.1. The van der Waals surface area contributed by atoms with E-state index in [-0.39, 0.29) is 0 Å². The van der Waals surface area contributed by atoms with Crippen LogP contribution in [0.4, 0.5) is 0 Å². The van der Waals surface area contributed by atoms with Gasteiger partial charge in [-0.15, -0.1) is 11.8 Å². The molecule has 0 aliphatic rings. The second-order valence-corrected chi connectivity index (χ2v) is 8.54. The van der Waals surface area contributed by atoms with Gasteiger partial charge in [0.2, 0.25) is 0 Å². The van der Waals surface area contributed by atoms with E-state index in [1.165, 1.54) is 15.7 Å².